The van der Waals surface area contributed by atoms with Crippen LogP contribution < -0.4 is 5.32 Å². The summed E-state index contributed by atoms with van der Waals surface area (Å²) in [6.45, 7) is 13.7. The van der Waals surface area contributed by atoms with Gasteiger partial charge in [-0.2, -0.15) is 0 Å². The minimum Gasteiger partial charge on any atom is -0.507 e. The van der Waals surface area contributed by atoms with Gasteiger partial charge in [-0.05, 0) is 53.7 Å². The number of hydrogen-bond acceptors (Lipinski definition) is 3. The third-order valence-corrected chi connectivity index (χ3v) is 6.38. The molecule has 5 nitrogen and oxygen atoms in total. The van der Waals surface area contributed by atoms with E-state index in [1.807, 2.05) is 0 Å². The van der Waals surface area contributed by atoms with Crippen molar-refractivity contribution in [2.75, 3.05) is 33.7 Å². The third-order valence-electron chi connectivity index (χ3n) is 6.38. The first-order valence-corrected chi connectivity index (χ1v) is 12.4. The number of aryl methyl sites for hydroxylation is 1. The number of phenols is 1. The summed E-state index contributed by atoms with van der Waals surface area (Å²) in [5, 5.41) is 13.9. The Morgan fingerprint density at radius 3 is 2.45 bits per heavy atom. The Labute approximate surface area is 203 Å². The monoisotopic (exact) mass is 460 g/mol. The summed E-state index contributed by atoms with van der Waals surface area (Å²) in [6, 6.07) is 4.17. The molecule has 1 aliphatic heterocycles. The van der Waals surface area contributed by atoms with E-state index in [-0.39, 0.29) is 18.7 Å². The highest BCUT2D eigenvalue weighted by atomic mass is 16.3. The van der Waals surface area contributed by atoms with Gasteiger partial charge in [0.15, 0.2) is 0 Å². The topological polar surface area (TPSA) is 55.6 Å². The quantitative estimate of drug-likeness (QED) is 0.356. The second-order valence-corrected chi connectivity index (χ2v) is 10.9. The number of nitrogens with zero attached hydrogens (tertiary/aromatic N) is 2. The van der Waals surface area contributed by atoms with Gasteiger partial charge in [0.2, 0.25) is 11.7 Å². The SMILES string of the molecule is C.CC(C)Cc1cc(CCC(=O)NCCCCCC2=[N+](C)CCN2C)cc(C(C)(C)C)c1O. The molecular formula is C28H50N3O2+. The van der Waals surface area contributed by atoms with Crippen LogP contribution in [0.3, 0.4) is 0 Å². The van der Waals surface area contributed by atoms with Crippen LogP contribution in [-0.4, -0.2) is 60.1 Å². The van der Waals surface area contributed by atoms with Gasteiger partial charge < -0.3 is 10.4 Å². The molecule has 0 saturated carbocycles. The number of benzene rings is 1. The number of likely N-dealkylation sites (N-methyl/N-ethyl adjacent to an activating group) is 2. The molecule has 2 rings (SSSR count). The Kier molecular flexibility index (Phi) is 11.4. The summed E-state index contributed by atoms with van der Waals surface area (Å²) >= 11 is 0. The molecule has 1 aliphatic rings. The Morgan fingerprint density at radius 2 is 1.88 bits per heavy atom. The van der Waals surface area contributed by atoms with Crippen molar-refractivity contribution in [2.45, 2.75) is 92.4 Å². The smallest absolute Gasteiger partial charge is 0.246 e. The molecule has 5 heteroatoms. The van der Waals surface area contributed by atoms with Gasteiger partial charge in [0.05, 0.1) is 14.1 Å². The first kappa shape index (κ1) is 29.0. The van der Waals surface area contributed by atoms with E-state index in [1.54, 1.807) is 0 Å². The number of rotatable bonds is 11. The van der Waals surface area contributed by atoms with Gasteiger partial charge in [-0.15, -0.1) is 0 Å². The van der Waals surface area contributed by atoms with E-state index in [0.29, 0.717) is 24.5 Å². The molecule has 0 aromatic heterocycles. The van der Waals surface area contributed by atoms with Gasteiger partial charge in [0.25, 0.3) is 0 Å². The van der Waals surface area contributed by atoms with Crippen molar-refractivity contribution >= 4 is 11.7 Å². The number of aromatic hydroxyl groups is 1. The predicted molar refractivity (Wildman–Crippen MR) is 141 cm³/mol. The fourth-order valence-corrected chi connectivity index (χ4v) is 4.46. The summed E-state index contributed by atoms with van der Waals surface area (Å²) < 4.78 is 2.35. The van der Waals surface area contributed by atoms with Gasteiger partial charge in [-0.3, -0.25) is 14.3 Å². The van der Waals surface area contributed by atoms with Crippen molar-refractivity contribution in [2.24, 2.45) is 5.92 Å². The van der Waals surface area contributed by atoms with E-state index < -0.39 is 0 Å². The predicted octanol–water partition coefficient (Wildman–Crippen LogP) is 5.12. The van der Waals surface area contributed by atoms with E-state index in [2.05, 4.69) is 75.6 Å². The van der Waals surface area contributed by atoms with Crippen molar-refractivity contribution in [3.63, 3.8) is 0 Å². The molecule has 0 saturated heterocycles. The lowest BCUT2D eigenvalue weighted by Gasteiger charge is -2.24. The number of carbonyl (C=O) groups excluding carboxylic acids is 1. The highest BCUT2D eigenvalue weighted by Crippen LogP contribution is 2.35. The summed E-state index contributed by atoms with van der Waals surface area (Å²) in [5.74, 6) is 2.45. The van der Waals surface area contributed by atoms with Crippen LogP contribution in [0.1, 0.15) is 90.8 Å². The Morgan fingerprint density at radius 1 is 1.18 bits per heavy atom. The molecule has 0 atom stereocenters. The minimum atomic E-state index is -0.130. The van der Waals surface area contributed by atoms with Crippen molar-refractivity contribution in [3.05, 3.63) is 28.8 Å². The van der Waals surface area contributed by atoms with E-state index in [1.165, 1.54) is 12.3 Å². The van der Waals surface area contributed by atoms with E-state index in [9.17, 15) is 9.90 Å². The second kappa shape index (κ2) is 13.0. The lowest BCUT2D eigenvalue weighted by Crippen LogP contribution is -2.25. The zero-order chi connectivity index (χ0) is 23.9. The Bertz CT molecular complexity index is 806. The van der Waals surface area contributed by atoms with Crippen LogP contribution in [0.2, 0.25) is 0 Å². The molecule has 1 aromatic rings. The molecular weight excluding hydrogens is 410 g/mol. The fourth-order valence-electron chi connectivity index (χ4n) is 4.46. The molecule has 0 spiro atoms. The van der Waals surface area contributed by atoms with Crippen LogP contribution in [0, 0.1) is 5.92 Å². The van der Waals surface area contributed by atoms with Crippen molar-refractivity contribution in [1.29, 1.82) is 0 Å². The zero-order valence-corrected chi connectivity index (χ0v) is 21.6. The van der Waals surface area contributed by atoms with Gasteiger partial charge in [-0.25, -0.2) is 0 Å². The maximum absolute atomic E-state index is 12.4. The van der Waals surface area contributed by atoms with Crippen molar-refractivity contribution < 1.29 is 14.5 Å². The Balaban J connectivity index is 0.00000544. The average molecular weight is 461 g/mol. The number of amidine groups is 1. The summed E-state index contributed by atoms with van der Waals surface area (Å²) in [7, 11) is 4.34. The van der Waals surface area contributed by atoms with Crippen LogP contribution >= 0.6 is 0 Å². The lowest BCUT2D eigenvalue weighted by atomic mass is 9.82. The second-order valence-electron chi connectivity index (χ2n) is 10.9. The number of amides is 1. The lowest BCUT2D eigenvalue weighted by molar-refractivity contribution is -0.487. The summed E-state index contributed by atoms with van der Waals surface area (Å²) in [5.41, 5.74) is 2.98. The zero-order valence-electron chi connectivity index (χ0n) is 21.6. The molecule has 0 bridgehead atoms. The largest absolute Gasteiger partial charge is 0.507 e. The van der Waals surface area contributed by atoms with E-state index in [0.717, 1.165) is 62.0 Å². The average Bonchev–Trinajstić information content (AvgIpc) is 3.01. The molecule has 0 fully saturated rings. The standard InChI is InChI=1S/C27H45N3O2.CH4/c1-20(2)17-22-18-21(19-23(26(22)32)27(3,4)5)12-13-24(31)28-14-10-8-9-11-25-29(6)15-16-30(25)7;/h18-20H,8-17H2,1-7H3,(H-,28,31,32);1H4/p+1. The Hall–Kier alpha value is -2.04. The molecule has 188 valence electrons. The maximum Gasteiger partial charge on any atom is 0.246 e. The molecule has 0 aliphatic carbocycles. The number of carbonyl (C=O) groups is 1. The number of hydrogen-bond donors (Lipinski definition) is 2. The molecule has 2 N–H and O–H groups in total. The first-order chi connectivity index (χ1) is 15.0. The van der Waals surface area contributed by atoms with Gasteiger partial charge >= 0.3 is 0 Å². The first-order valence-electron chi connectivity index (χ1n) is 12.4. The van der Waals surface area contributed by atoms with Crippen LogP contribution in [0.15, 0.2) is 12.1 Å². The van der Waals surface area contributed by atoms with Gasteiger partial charge in [0.1, 0.15) is 18.8 Å². The van der Waals surface area contributed by atoms with Crippen LogP contribution in [-0.2, 0) is 23.1 Å². The normalized spacial score (nSPS) is 14.1. The van der Waals surface area contributed by atoms with Gasteiger partial charge in [0, 0.05) is 19.4 Å². The molecule has 1 aromatic carbocycles. The van der Waals surface area contributed by atoms with Crippen molar-refractivity contribution in [1.82, 2.24) is 10.2 Å². The number of nitrogens with one attached hydrogen (secondary N) is 1. The third kappa shape index (κ3) is 9.02. The highest BCUT2D eigenvalue weighted by Gasteiger charge is 2.24. The summed E-state index contributed by atoms with van der Waals surface area (Å²) in [4.78, 5) is 14.7. The molecule has 0 unspecified atom stereocenters. The molecule has 33 heavy (non-hydrogen) atoms. The summed E-state index contributed by atoms with van der Waals surface area (Å²) in [6.07, 6.45) is 6.49. The maximum atomic E-state index is 12.4. The molecule has 0 radical (unpaired) electrons. The molecule has 1 heterocycles. The van der Waals surface area contributed by atoms with Gasteiger partial charge in [-0.1, -0.05) is 60.6 Å². The van der Waals surface area contributed by atoms with Crippen LogP contribution in [0.5, 0.6) is 5.75 Å². The van der Waals surface area contributed by atoms with Crippen LogP contribution in [0.25, 0.3) is 0 Å². The van der Waals surface area contributed by atoms with Crippen LogP contribution in [0.4, 0.5) is 0 Å². The van der Waals surface area contributed by atoms with E-state index in [4.69, 9.17) is 0 Å². The molecule has 1 amide bonds. The minimum absolute atomic E-state index is 0. The van der Waals surface area contributed by atoms with Crippen molar-refractivity contribution in [3.8, 4) is 5.75 Å². The number of phenolic OH excluding ortho intramolecular Hbond substituents is 1. The number of unbranched alkanes of at least 4 members (excludes halogenated alkanes) is 2. The highest BCUT2D eigenvalue weighted by molar-refractivity contribution is 5.78. The van der Waals surface area contributed by atoms with E-state index >= 15 is 0 Å². The fraction of sp³-hybridized carbons (Fsp3) is 0.714.